The molecule has 0 atom stereocenters. The van der Waals surface area contributed by atoms with Crippen LogP contribution in [0.5, 0.6) is 0 Å². The van der Waals surface area contributed by atoms with E-state index in [9.17, 15) is 13.2 Å². The van der Waals surface area contributed by atoms with Crippen molar-refractivity contribution in [3.05, 3.63) is 70.6 Å². The number of anilines is 2. The SMILES string of the molecule is CCC(=O)Nc1c(C)noc1C=Cc1ccc(S(=O)(=O)Nc2ccc(C)c(C)c2)cc1. The minimum absolute atomic E-state index is 0.133. The molecule has 3 aromatic rings. The first-order chi connectivity index (χ1) is 14.7. The molecule has 0 unspecified atom stereocenters. The van der Waals surface area contributed by atoms with Crippen LogP contribution in [-0.4, -0.2) is 19.5 Å². The Morgan fingerprint density at radius 1 is 1.03 bits per heavy atom. The molecule has 0 aliphatic carbocycles. The topological polar surface area (TPSA) is 101 Å². The molecule has 8 heteroatoms. The lowest BCUT2D eigenvalue weighted by Crippen LogP contribution is -2.13. The van der Waals surface area contributed by atoms with E-state index in [1.54, 1.807) is 50.3 Å². The van der Waals surface area contributed by atoms with Gasteiger partial charge >= 0.3 is 0 Å². The highest BCUT2D eigenvalue weighted by Gasteiger charge is 2.15. The first kappa shape index (κ1) is 22.3. The Morgan fingerprint density at radius 2 is 1.74 bits per heavy atom. The van der Waals surface area contributed by atoms with Gasteiger partial charge in [0.1, 0.15) is 11.4 Å². The second kappa shape index (κ2) is 9.18. The molecule has 2 N–H and O–H groups in total. The summed E-state index contributed by atoms with van der Waals surface area (Å²) < 4.78 is 33.2. The Kier molecular flexibility index (Phi) is 6.60. The van der Waals surface area contributed by atoms with E-state index in [0.717, 1.165) is 16.7 Å². The van der Waals surface area contributed by atoms with E-state index in [0.29, 0.717) is 29.2 Å². The number of sulfonamides is 1. The number of rotatable bonds is 7. The largest absolute Gasteiger partial charge is 0.354 e. The van der Waals surface area contributed by atoms with E-state index in [2.05, 4.69) is 15.2 Å². The van der Waals surface area contributed by atoms with Crippen LogP contribution in [0.2, 0.25) is 0 Å². The quantitative estimate of drug-likeness (QED) is 0.544. The molecular weight excluding hydrogens is 414 g/mol. The maximum atomic E-state index is 12.7. The van der Waals surface area contributed by atoms with Gasteiger partial charge in [0.2, 0.25) is 5.91 Å². The van der Waals surface area contributed by atoms with Crippen molar-refractivity contribution >= 4 is 39.5 Å². The molecule has 1 amide bonds. The van der Waals surface area contributed by atoms with Crippen LogP contribution in [0, 0.1) is 20.8 Å². The van der Waals surface area contributed by atoms with Crippen LogP contribution in [-0.2, 0) is 14.8 Å². The van der Waals surface area contributed by atoms with Gasteiger partial charge in [-0.1, -0.05) is 36.4 Å². The van der Waals surface area contributed by atoms with Crippen LogP contribution in [0.1, 0.15) is 41.5 Å². The summed E-state index contributed by atoms with van der Waals surface area (Å²) in [5.74, 6) is 0.291. The van der Waals surface area contributed by atoms with Crippen molar-refractivity contribution in [3.63, 3.8) is 0 Å². The standard InChI is InChI=1S/C23H25N3O4S/c1-5-22(27)24-23-17(4)25-30-21(23)13-9-18-7-11-20(12-8-18)31(28,29)26-19-10-6-15(2)16(3)14-19/h6-14,26H,5H2,1-4H3,(H,24,27). The van der Waals surface area contributed by atoms with Gasteiger partial charge in [-0.3, -0.25) is 9.52 Å². The highest BCUT2D eigenvalue weighted by molar-refractivity contribution is 7.92. The molecule has 162 valence electrons. The van der Waals surface area contributed by atoms with Crippen molar-refractivity contribution in [2.24, 2.45) is 0 Å². The molecule has 3 rings (SSSR count). The smallest absolute Gasteiger partial charge is 0.261 e. The third kappa shape index (κ3) is 5.40. The fraction of sp³-hybridized carbons (Fsp3) is 0.217. The second-order valence-corrected chi connectivity index (χ2v) is 8.90. The molecule has 1 aromatic heterocycles. The Morgan fingerprint density at radius 3 is 2.39 bits per heavy atom. The number of amides is 1. The zero-order valence-electron chi connectivity index (χ0n) is 17.9. The fourth-order valence-corrected chi connectivity index (χ4v) is 3.88. The molecule has 0 aliphatic rings. The summed E-state index contributed by atoms with van der Waals surface area (Å²) in [5, 5.41) is 6.66. The van der Waals surface area contributed by atoms with Gasteiger partial charge in [-0.25, -0.2) is 8.42 Å². The molecule has 0 bridgehead atoms. The number of carbonyl (C=O) groups excluding carboxylic acids is 1. The number of aromatic nitrogens is 1. The van der Waals surface area contributed by atoms with Gasteiger partial charge in [-0.2, -0.15) is 0 Å². The summed E-state index contributed by atoms with van der Waals surface area (Å²) in [6, 6.07) is 11.9. The summed E-state index contributed by atoms with van der Waals surface area (Å²) in [7, 11) is -3.70. The van der Waals surface area contributed by atoms with E-state index < -0.39 is 10.0 Å². The normalized spacial score (nSPS) is 11.6. The lowest BCUT2D eigenvalue weighted by Gasteiger charge is -2.10. The van der Waals surface area contributed by atoms with Crippen molar-refractivity contribution in [2.45, 2.75) is 39.0 Å². The van der Waals surface area contributed by atoms with E-state index in [1.807, 2.05) is 19.9 Å². The van der Waals surface area contributed by atoms with Crippen LogP contribution in [0.25, 0.3) is 12.2 Å². The zero-order valence-corrected chi connectivity index (χ0v) is 18.7. The van der Waals surface area contributed by atoms with Crippen LogP contribution in [0.4, 0.5) is 11.4 Å². The Balaban J connectivity index is 1.76. The van der Waals surface area contributed by atoms with Crippen molar-refractivity contribution < 1.29 is 17.7 Å². The fourth-order valence-electron chi connectivity index (χ4n) is 2.83. The van der Waals surface area contributed by atoms with E-state index in [4.69, 9.17) is 4.52 Å². The summed E-state index contributed by atoms with van der Waals surface area (Å²) >= 11 is 0. The molecule has 7 nitrogen and oxygen atoms in total. The average molecular weight is 440 g/mol. The Hall–Kier alpha value is -3.39. The van der Waals surface area contributed by atoms with Crippen LogP contribution < -0.4 is 10.0 Å². The number of hydrogen-bond acceptors (Lipinski definition) is 5. The molecule has 2 aromatic carbocycles. The Labute approximate surface area is 182 Å². The molecule has 31 heavy (non-hydrogen) atoms. The van der Waals surface area contributed by atoms with Crippen LogP contribution >= 0.6 is 0 Å². The van der Waals surface area contributed by atoms with Gasteiger partial charge in [0, 0.05) is 12.1 Å². The van der Waals surface area contributed by atoms with Gasteiger partial charge in [0.05, 0.1) is 4.90 Å². The van der Waals surface area contributed by atoms with E-state index in [1.165, 1.54) is 12.1 Å². The lowest BCUT2D eigenvalue weighted by molar-refractivity contribution is -0.115. The number of hydrogen-bond donors (Lipinski definition) is 2. The molecular formula is C23H25N3O4S. The summed E-state index contributed by atoms with van der Waals surface area (Å²) in [4.78, 5) is 11.8. The minimum atomic E-state index is -3.70. The molecule has 0 radical (unpaired) electrons. The van der Waals surface area contributed by atoms with Crippen LogP contribution in [0.3, 0.4) is 0 Å². The average Bonchev–Trinajstić information content (AvgIpc) is 3.08. The number of benzene rings is 2. The van der Waals surface area contributed by atoms with E-state index >= 15 is 0 Å². The molecule has 0 spiro atoms. The van der Waals surface area contributed by atoms with Gasteiger partial charge in [0.15, 0.2) is 5.76 Å². The predicted octanol–water partition coefficient (Wildman–Crippen LogP) is 4.92. The third-order valence-electron chi connectivity index (χ3n) is 4.85. The maximum absolute atomic E-state index is 12.7. The first-order valence-electron chi connectivity index (χ1n) is 9.84. The number of aryl methyl sites for hydroxylation is 3. The third-order valence-corrected chi connectivity index (χ3v) is 6.25. The molecule has 0 aliphatic heterocycles. The maximum Gasteiger partial charge on any atom is 0.261 e. The molecule has 0 saturated carbocycles. The highest BCUT2D eigenvalue weighted by atomic mass is 32.2. The number of carbonyl (C=O) groups is 1. The van der Waals surface area contributed by atoms with Crippen LogP contribution in [0.15, 0.2) is 51.9 Å². The van der Waals surface area contributed by atoms with Gasteiger partial charge in [-0.05, 0) is 67.8 Å². The first-order valence-corrected chi connectivity index (χ1v) is 11.3. The number of nitrogens with one attached hydrogen (secondary N) is 2. The van der Waals surface area contributed by atoms with Crippen molar-refractivity contribution in [2.75, 3.05) is 10.0 Å². The lowest BCUT2D eigenvalue weighted by atomic mass is 10.1. The van der Waals surface area contributed by atoms with Gasteiger partial charge in [0.25, 0.3) is 10.0 Å². The summed E-state index contributed by atoms with van der Waals surface area (Å²) in [6.07, 6.45) is 3.79. The predicted molar refractivity (Wildman–Crippen MR) is 122 cm³/mol. The minimum Gasteiger partial charge on any atom is -0.354 e. The zero-order chi connectivity index (χ0) is 22.6. The summed E-state index contributed by atoms with van der Waals surface area (Å²) in [5.41, 5.74) is 4.51. The van der Waals surface area contributed by atoms with Gasteiger partial charge < -0.3 is 9.84 Å². The van der Waals surface area contributed by atoms with E-state index in [-0.39, 0.29) is 10.8 Å². The number of nitrogens with zero attached hydrogens (tertiary/aromatic N) is 1. The monoisotopic (exact) mass is 439 g/mol. The van der Waals surface area contributed by atoms with Crippen molar-refractivity contribution in [3.8, 4) is 0 Å². The molecule has 0 fully saturated rings. The highest BCUT2D eigenvalue weighted by Crippen LogP contribution is 2.24. The molecule has 1 heterocycles. The second-order valence-electron chi connectivity index (χ2n) is 7.22. The summed E-state index contributed by atoms with van der Waals surface area (Å²) in [6.45, 7) is 7.41. The Bertz CT molecular complexity index is 1230. The van der Waals surface area contributed by atoms with Crippen molar-refractivity contribution in [1.29, 1.82) is 0 Å². The van der Waals surface area contributed by atoms with Crippen molar-refractivity contribution in [1.82, 2.24) is 5.16 Å². The molecule has 0 saturated heterocycles. The van der Waals surface area contributed by atoms with Gasteiger partial charge in [-0.15, -0.1) is 0 Å².